The van der Waals surface area contributed by atoms with Crippen molar-refractivity contribution >= 4 is 32.9 Å². The van der Waals surface area contributed by atoms with E-state index in [4.69, 9.17) is 27.8 Å². The molecule has 0 atom stereocenters. The highest BCUT2D eigenvalue weighted by atomic mass is 16.5. The summed E-state index contributed by atoms with van der Waals surface area (Å²) in [5, 5.41) is 19.7. The molecule has 0 amide bonds. The smallest absolute Gasteiger partial charge is 0.175 e. The lowest BCUT2D eigenvalue weighted by Crippen LogP contribution is -2.30. The van der Waals surface area contributed by atoms with Crippen molar-refractivity contribution in [2.45, 2.75) is 96.7 Å². The molecule has 3 aromatic heterocycles. The van der Waals surface area contributed by atoms with E-state index in [1.807, 2.05) is 25.2 Å². The van der Waals surface area contributed by atoms with Crippen LogP contribution in [-0.2, 0) is 38.9 Å². The fourth-order valence-corrected chi connectivity index (χ4v) is 10.7. The van der Waals surface area contributed by atoms with Gasteiger partial charge in [0.25, 0.3) is 0 Å². The van der Waals surface area contributed by atoms with Crippen LogP contribution in [0.15, 0.2) is 50.0 Å². The molecular weight excluding hydrogens is 895 g/mol. The number of fused-ring (bicyclic) bond motifs is 3. The average molecular weight is 980 g/mol. The maximum absolute atomic E-state index is 5.72. The Labute approximate surface area is 423 Å². The van der Waals surface area contributed by atoms with Gasteiger partial charge >= 0.3 is 0 Å². The maximum atomic E-state index is 5.72. The Morgan fingerprint density at radius 3 is 1.07 bits per heavy atom. The number of hydrogen-bond donors (Lipinski definition) is 1. The van der Waals surface area contributed by atoms with Crippen LogP contribution in [0.5, 0.6) is 17.2 Å². The number of rotatable bonds is 18. The SMILES string of the molecule is CNCc1c(OC)ccc2c(CCC3CCN(C)CC3)noc12.COc1ccc2c(CCC3CCN(C)CC3)noc2c1CN(C)C.COc1ccc2c(CCC3CCN(C)CC3)noc2c1CN(C)C. The Hall–Kier alpha value is -4.77. The van der Waals surface area contributed by atoms with Gasteiger partial charge in [-0.1, -0.05) is 15.5 Å². The molecule has 3 aliphatic heterocycles. The van der Waals surface area contributed by atoms with Crippen molar-refractivity contribution in [2.24, 2.45) is 17.8 Å². The van der Waals surface area contributed by atoms with Gasteiger partial charge in [-0.3, -0.25) is 0 Å². The summed E-state index contributed by atoms with van der Waals surface area (Å²) in [6.07, 6.45) is 14.4. The first-order chi connectivity index (χ1) is 34.4. The minimum absolute atomic E-state index is 0.712. The van der Waals surface area contributed by atoms with E-state index in [0.717, 1.165) is 134 Å². The molecular formula is C56H85N9O6. The quantitative estimate of drug-likeness (QED) is 0.0877. The minimum atomic E-state index is 0.712. The van der Waals surface area contributed by atoms with Gasteiger partial charge in [0.05, 0.1) is 55.1 Å². The number of aryl methyl sites for hydroxylation is 3. The Morgan fingerprint density at radius 1 is 0.493 bits per heavy atom. The van der Waals surface area contributed by atoms with Gasteiger partial charge in [-0.25, -0.2) is 0 Å². The Bertz CT molecular complexity index is 2430. The van der Waals surface area contributed by atoms with Crippen molar-refractivity contribution in [1.82, 2.24) is 45.3 Å². The van der Waals surface area contributed by atoms with Crippen molar-refractivity contribution < 1.29 is 27.8 Å². The molecule has 390 valence electrons. The molecule has 0 spiro atoms. The van der Waals surface area contributed by atoms with E-state index in [9.17, 15) is 0 Å². The highest BCUT2D eigenvalue weighted by Crippen LogP contribution is 2.35. The molecule has 0 bridgehead atoms. The zero-order valence-electron chi connectivity index (χ0n) is 45.1. The molecule has 0 unspecified atom stereocenters. The highest BCUT2D eigenvalue weighted by Gasteiger charge is 2.24. The van der Waals surface area contributed by atoms with E-state index in [-0.39, 0.29) is 0 Å². The molecule has 0 aliphatic carbocycles. The summed E-state index contributed by atoms with van der Waals surface area (Å²) >= 11 is 0. The van der Waals surface area contributed by atoms with Crippen molar-refractivity contribution in [3.05, 3.63) is 70.2 Å². The number of aromatic nitrogens is 3. The number of hydrogen-bond acceptors (Lipinski definition) is 15. The van der Waals surface area contributed by atoms with Crippen LogP contribution < -0.4 is 19.5 Å². The summed E-state index contributed by atoms with van der Waals surface area (Å²) < 4.78 is 33.6. The topological polar surface area (TPSA) is 134 Å². The van der Waals surface area contributed by atoms with Crippen LogP contribution in [-0.4, -0.2) is 157 Å². The van der Waals surface area contributed by atoms with E-state index < -0.39 is 0 Å². The van der Waals surface area contributed by atoms with Gasteiger partial charge in [-0.2, -0.15) is 0 Å². The third-order valence-electron chi connectivity index (χ3n) is 15.2. The molecule has 3 aliphatic rings. The lowest BCUT2D eigenvalue weighted by Gasteiger charge is -2.28. The molecule has 0 radical (unpaired) electrons. The Morgan fingerprint density at radius 2 is 0.789 bits per heavy atom. The van der Waals surface area contributed by atoms with E-state index in [1.165, 1.54) is 97.1 Å². The van der Waals surface area contributed by atoms with Crippen LogP contribution >= 0.6 is 0 Å². The first-order valence-electron chi connectivity index (χ1n) is 26.2. The molecule has 6 heterocycles. The van der Waals surface area contributed by atoms with Crippen LogP contribution in [0.25, 0.3) is 32.9 Å². The van der Waals surface area contributed by atoms with E-state index >= 15 is 0 Å². The summed E-state index contributed by atoms with van der Waals surface area (Å²) in [5.74, 6) is 5.03. The number of nitrogens with one attached hydrogen (secondary N) is 1. The highest BCUT2D eigenvalue weighted by molar-refractivity contribution is 5.86. The third kappa shape index (κ3) is 14.3. The van der Waals surface area contributed by atoms with Gasteiger partial charge in [-0.05, 0) is 227 Å². The van der Waals surface area contributed by atoms with Gasteiger partial charge in [0, 0.05) is 35.8 Å². The third-order valence-corrected chi connectivity index (χ3v) is 15.2. The molecule has 71 heavy (non-hydrogen) atoms. The van der Waals surface area contributed by atoms with Crippen molar-refractivity contribution in [1.29, 1.82) is 0 Å². The predicted octanol–water partition coefficient (Wildman–Crippen LogP) is 9.18. The van der Waals surface area contributed by atoms with Crippen molar-refractivity contribution in [3.8, 4) is 17.2 Å². The Balaban J connectivity index is 0.000000157. The van der Waals surface area contributed by atoms with Crippen LogP contribution in [0, 0.1) is 17.8 Å². The van der Waals surface area contributed by atoms with Gasteiger partial charge < -0.3 is 57.6 Å². The standard InChI is InChI=1S/2C19H29N3O2.C18H27N3O2/c2*1-21(2)13-16-18(23-4)8-6-15-17(20-24-19(15)16)7-5-14-9-11-22(3)12-10-14;1-19-12-15-17(22-3)7-5-14-16(20-23-18(14)15)6-4-13-8-10-21(2)11-9-13/h2*6,8,14H,5,7,9-13H2,1-4H3;5,7,13,19H,4,6,8-12H2,1-3H3. The lowest BCUT2D eigenvalue weighted by atomic mass is 9.91. The number of piperidine rings is 3. The molecule has 3 saturated heterocycles. The van der Waals surface area contributed by atoms with Gasteiger partial charge in [0.2, 0.25) is 0 Å². The van der Waals surface area contributed by atoms with Crippen molar-refractivity contribution in [3.63, 3.8) is 0 Å². The second-order valence-electron chi connectivity index (χ2n) is 21.1. The largest absolute Gasteiger partial charge is 0.496 e. The number of benzene rings is 3. The average Bonchev–Trinajstić information content (AvgIpc) is 4.11. The molecule has 1 N–H and O–H groups in total. The molecule has 9 rings (SSSR count). The number of methoxy groups -OCH3 is 3. The first kappa shape index (κ1) is 54.0. The molecule has 15 heteroatoms. The molecule has 15 nitrogen and oxygen atoms in total. The number of ether oxygens (including phenoxy) is 3. The van der Waals surface area contributed by atoms with Gasteiger partial charge in [0.15, 0.2) is 16.7 Å². The second kappa shape index (κ2) is 26.3. The maximum Gasteiger partial charge on any atom is 0.175 e. The zero-order valence-corrected chi connectivity index (χ0v) is 45.1. The van der Waals surface area contributed by atoms with Crippen LogP contribution in [0.3, 0.4) is 0 Å². The summed E-state index contributed by atoms with van der Waals surface area (Å²) in [4.78, 5) is 11.5. The molecule has 6 aromatic rings. The van der Waals surface area contributed by atoms with Gasteiger partial charge in [0.1, 0.15) is 17.2 Å². The summed E-state index contributed by atoms with van der Waals surface area (Å²) in [6.45, 7) is 9.57. The number of likely N-dealkylation sites (tertiary alicyclic amines) is 3. The normalized spacial score (nSPS) is 17.0. The van der Waals surface area contributed by atoms with E-state index in [2.05, 4.69) is 113 Å². The van der Waals surface area contributed by atoms with E-state index in [0.29, 0.717) is 6.54 Å². The molecule has 3 fully saturated rings. The second-order valence-corrected chi connectivity index (χ2v) is 21.1. The summed E-state index contributed by atoms with van der Waals surface area (Å²) in [7, 11) is 21.9. The summed E-state index contributed by atoms with van der Waals surface area (Å²) in [6, 6.07) is 12.4. The van der Waals surface area contributed by atoms with Crippen molar-refractivity contribution in [2.75, 3.05) is 117 Å². The fraction of sp³-hybridized carbons (Fsp3) is 0.625. The Kier molecular flexibility index (Phi) is 20.0. The van der Waals surface area contributed by atoms with E-state index in [1.54, 1.807) is 21.3 Å². The van der Waals surface area contributed by atoms with Gasteiger partial charge in [-0.15, -0.1) is 0 Å². The lowest BCUT2D eigenvalue weighted by molar-refractivity contribution is 0.212. The summed E-state index contributed by atoms with van der Waals surface area (Å²) in [5.41, 5.74) is 9.08. The first-order valence-corrected chi connectivity index (χ1v) is 26.2. The molecule has 3 aromatic carbocycles. The van der Waals surface area contributed by atoms with Crippen LogP contribution in [0.2, 0.25) is 0 Å². The molecule has 0 saturated carbocycles. The zero-order chi connectivity index (χ0) is 50.4. The van der Waals surface area contributed by atoms with Crippen LogP contribution in [0.4, 0.5) is 0 Å². The predicted molar refractivity (Wildman–Crippen MR) is 285 cm³/mol. The number of nitrogens with zero attached hydrogens (tertiary/aromatic N) is 8. The fourth-order valence-electron chi connectivity index (χ4n) is 10.7. The van der Waals surface area contributed by atoms with Crippen LogP contribution in [0.1, 0.15) is 91.6 Å². The monoisotopic (exact) mass is 980 g/mol. The minimum Gasteiger partial charge on any atom is -0.496 e.